The Morgan fingerprint density at radius 2 is 1.67 bits per heavy atom. The van der Waals surface area contributed by atoms with Crippen LogP contribution in [-0.4, -0.2) is 36.3 Å². The van der Waals surface area contributed by atoms with Crippen molar-refractivity contribution >= 4 is 29.1 Å². The molecule has 0 fully saturated rings. The normalized spacial score (nSPS) is 11.9. The molecular weight excluding hydrogens is 362 g/mol. The van der Waals surface area contributed by atoms with Gasteiger partial charge < -0.3 is 10.6 Å². The highest BCUT2D eigenvalue weighted by Gasteiger charge is 2.19. The van der Waals surface area contributed by atoms with Gasteiger partial charge in [0.05, 0.1) is 12.6 Å². The molecule has 0 saturated heterocycles. The highest BCUT2D eigenvalue weighted by molar-refractivity contribution is 6.30. The maximum atomic E-state index is 12.4. The fourth-order valence-electron chi connectivity index (χ4n) is 2.73. The molecule has 0 bridgehead atoms. The molecular formula is C21H26ClN3O2. The number of para-hydroxylation sites is 1. The monoisotopic (exact) mass is 387 g/mol. The van der Waals surface area contributed by atoms with Gasteiger partial charge >= 0.3 is 0 Å². The number of nitrogens with zero attached hydrogens (tertiary/aromatic N) is 1. The molecule has 6 heteroatoms. The Morgan fingerprint density at radius 3 is 2.26 bits per heavy atom. The third-order valence-electron chi connectivity index (χ3n) is 4.55. The summed E-state index contributed by atoms with van der Waals surface area (Å²) < 4.78 is 0. The molecule has 5 nitrogen and oxygen atoms in total. The van der Waals surface area contributed by atoms with Crippen molar-refractivity contribution in [2.75, 3.05) is 18.9 Å². The van der Waals surface area contributed by atoms with Crippen molar-refractivity contribution < 1.29 is 9.59 Å². The minimum absolute atomic E-state index is 0.0638. The Bertz CT molecular complexity index is 785. The van der Waals surface area contributed by atoms with Crippen molar-refractivity contribution in [2.24, 2.45) is 0 Å². The summed E-state index contributed by atoms with van der Waals surface area (Å²) in [5.41, 5.74) is 3.84. The Balaban J connectivity index is 1.84. The summed E-state index contributed by atoms with van der Waals surface area (Å²) in [6, 6.07) is 13.0. The molecule has 0 spiro atoms. The lowest BCUT2D eigenvalue weighted by Gasteiger charge is -2.24. The topological polar surface area (TPSA) is 61.4 Å². The second kappa shape index (κ2) is 9.53. The van der Waals surface area contributed by atoms with Crippen LogP contribution in [0, 0.1) is 13.8 Å². The minimum Gasteiger partial charge on any atom is -0.346 e. The molecule has 0 heterocycles. The molecule has 2 aromatic rings. The molecule has 0 aliphatic heterocycles. The number of anilines is 1. The van der Waals surface area contributed by atoms with E-state index in [1.807, 2.05) is 75.2 Å². The van der Waals surface area contributed by atoms with Crippen LogP contribution < -0.4 is 10.6 Å². The van der Waals surface area contributed by atoms with Crippen LogP contribution in [0.15, 0.2) is 42.5 Å². The SMILES string of the molecule is Cc1cccc(C)c1NC(=O)CNC(=O)[C@H](C)N(C)Cc1ccc(Cl)cc1. The van der Waals surface area contributed by atoms with E-state index < -0.39 is 0 Å². The van der Waals surface area contributed by atoms with Crippen molar-refractivity contribution in [1.82, 2.24) is 10.2 Å². The molecule has 2 aromatic carbocycles. The van der Waals surface area contributed by atoms with Gasteiger partial charge in [0.1, 0.15) is 0 Å². The summed E-state index contributed by atoms with van der Waals surface area (Å²) in [5.74, 6) is -0.434. The first-order chi connectivity index (χ1) is 12.8. The summed E-state index contributed by atoms with van der Waals surface area (Å²) in [6.45, 7) is 6.24. The third kappa shape index (κ3) is 6.08. The molecule has 0 aromatic heterocycles. The maximum Gasteiger partial charge on any atom is 0.243 e. The highest BCUT2D eigenvalue weighted by atomic mass is 35.5. The van der Waals surface area contributed by atoms with Crippen LogP contribution in [0.5, 0.6) is 0 Å². The Morgan fingerprint density at radius 1 is 1.07 bits per heavy atom. The number of nitrogens with one attached hydrogen (secondary N) is 2. The van der Waals surface area contributed by atoms with Crippen LogP contribution in [0.4, 0.5) is 5.69 Å². The van der Waals surface area contributed by atoms with Gasteiger partial charge in [0, 0.05) is 17.3 Å². The number of rotatable bonds is 7. The van der Waals surface area contributed by atoms with E-state index in [-0.39, 0.29) is 24.4 Å². The van der Waals surface area contributed by atoms with E-state index in [0.29, 0.717) is 11.6 Å². The van der Waals surface area contributed by atoms with Gasteiger partial charge in [0.2, 0.25) is 11.8 Å². The van der Waals surface area contributed by atoms with E-state index in [9.17, 15) is 9.59 Å². The lowest BCUT2D eigenvalue weighted by atomic mass is 10.1. The van der Waals surface area contributed by atoms with Crippen molar-refractivity contribution in [3.05, 3.63) is 64.2 Å². The molecule has 0 aliphatic carbocycles. The first kappa shape index (κ1) is 20.9. The number of hydrogen-bond acceptors (Lipinski definition) is 3. The van der Waals surface area contributed by atoms with Gasteiger partial charge in [0.15, 0.2) is 0 Å². The molecule has 1 atom stereocenters. The molecule has 2 N–H and O–H groups in total. The smallest absolute Gasteiger partial charge is 0.243 e. The van der Waals surface area contributed by atoms with E-state index in [0.717, 1.165) is 22.4 Å². The second-order valence-corrected chi connectivity index (χ2v) is 7.19. The van der Waals surface area contributed by atoms with E-state index in [1.54, 1.807) is 0 Å². The molecule has 27 heavy (non-hydrogen) atoms. The average molecular weight is 388 g/mol. The lowest BCUT2D eigenvalue weighted by molar-refractivity contribution is -0.127. The average Bonchev–Trinajstić information content (AvgIpc) is 2.64. The van der Waals surface area contributed by atoms with Gasteiger partial charge in [-0.25, -0.2) is 0 Å². The number of amides is 2. The van der Waals surface area contributed by atoms with E-state index in [1.165, 1.54) is 0 Å². The van der Waals surface area contributed by atoms with Crippen LogP contribution in [0.2, 0.25) is 5.02 Å². The zero-order valence-electron chi connectivity index (χ0n) is 16.2. The predicted octanol–water partition coefficient (Wildman–Crippen LogP) is 3.53. The van der Waals surface area contributed by atoms with E-state index in [2.05, 4.69) is 10.6 Å². The molecule has 0 saturated carbocycles. The van der Waals surface area contributed by atoms with Gasteiger partial charge in [-0.15, -0.1) is 0 Å². The summed E-state index contributed by atoms with van der Waals surface area (Å²) >= 11 is 5.89. The molecule has 144 valence electrons. The second-order valence-electron chi connectivity index (χ2n) is 6.75. The molecule has 0 unspecified atom stereocenters. The van der Waals surface area contributed by atoms with Gasteiger partial charge in [-0.3, -0.25) is 14.5 Å². The number of hydrogen-bond donors (Lipinski definition) is 2. The Hall–Kier alpha value is -2.37. The molecule has 2 rings (SSSR count). The van der Waals surface area contributed by atoms with Crippen molar-refractivity contribution in [3.63, 3.8) is 0 Å². The Kier molecular flexibility index (Phi) is 7.39. The molecule has 0 radical (unpaired) electrons. The molecule has 2 amide bonds. The largest absolute Gasteiger partial charge is 0.346 e. The fourth-order valence-corrected chi connectivity index (χ4v) is 2.85. The first-order valence-electron chi connectivity index (χ1n) is 8.86. The van der Waals surface area contributed by atoms with Crippen molar-refractivity contribution in [2.45, 2.75) is 33.4 Å². The van der Waals surface area contributed by atoms with E-state index in [4.69, 9.17) is 11.6 Å². The number of aryl methyl sites for hydroxylation is 2. The predicted molar refractivity (Wildman–Crippen MR) is 110 cm³/mol. The summed E-state index contributed by atoms with van der Waals surface area (Å²) in [5, 5.41) is 6.25. The van der Waals surface area contributed by atoms with Gasteiger partial charge in [-0.05, 0) is 56.6 Å². The van der Waals surface area contributed by atoms with Gasteiger partial charge in [-0.2, -0.15) is 0 Å². The number of likely N-dealkylation sites (N-methyl/N-ethyl adjacent to an activating group) is 1. The lowest BCUT2D eigenvalue weighted by Crippen LogP contribution is -2.45. The Labute approximate surface area is 165 Å². The number of halogens is 1. The van der Waals surface area contributed by atoms with Crippen LogP contribution in [-0.2, 0) is 16.1 Å². The van der Waals surface area contributed by atoms with Crippen molar-refractivity contribution in [1.29, 1.82) is 0 Å². The van der Waals surface area contributed by atoms with Gasteiger partial charge in [0.25, 0.3) is 0 Å². The quantitative estimate of drug-likeness (QED) is 0.764. The van der Waals surface area contributed by atoms with Crippen LogP contribution in [0.1, 0.15) is 23.6 Å². The summed E-state index contributed by atoms with van der Waals surface area (Å²) in [7, 11) is 1.87. The van der Waals surface area contributed by atoms with Crippen LogP contribution in [0.25, 0.3) is 0 Å². The van der Waals surface area contributed by atoms with Crippen molar-refractivity contribution in [3.8, 4) is 0 Å². The van der Waals surface area contributed by atoms with Gasteiger partial charge in [-0.1, -0.05) is 41.9 Å². The zero-order valence-corrected chi connectivity index (χ0v) is 16.9. The number of carbonyl (C=O) groups excluding carboxylic acids is 2. The number of carbonyl (C=O) groups is 2. The minimum atomic E-state index is -0.367. The summed E-state index contributed by atoms with van der Waals surface area (Å²) in [6.07, 6.45) is 0. The summed E-state index contributed by atoms with van der Waals surface area (Å²) in [4.78, 5) is 26.5. The highest BCUT2D eigenvalue weighted by Crippen LogP contribution is 2.19. The molecule has 0 aliphatic rings. The zero-order chi connectivity index (χ0) is 20.0. The van der Waals surface area contributed by atoms with Crippen LogP contribution in [0.3, 0.4) is 0 Å². The number of benzene rings is 2. The maximum absolute atomic E-state index is 12.4. The third-order valence-corrected chi connectivity index (χ3v) is 4.81. The van der Waals surface area contributed by atoms with E-state index >= 15 is 0 Å². The first-order valence-corrected chi connectivity index (χ1v) is 9.24. The fraction of sp³-hybridized carbons (Fsp3) is 0.333. The van der Waals surface area contributed by atoms with Crippen LogP contribution >= 0.6 is 11.6 Å². The standard InChI is InChI=1S/C21H26ClN3O2/c1-14-6-5-7-15(2)20(14)24-19(26)12-23-21(27)16(3)25(4)13-17-8-10-18(22)11-9-17/h5-11,16H,12-13H2,1-4H3,(H,23,27)(H,24,26)/t16-/m0/s1.